The molecule has 0 radical (unpaired) electrons. The molecule has 1 aliphatic carbocycles. The molecule has 3 atom stereocenters. The quantitative estimate of drug-likeness (QED) is 0.730. The lowest BCUT2D eigenvalue weighted by molar-refractivity contribution is -0.148. The van der Waals surface area contributed by atoms with Crippen LogP contribution in [0.4, 0.5) is 4.79 Å². The zero-order chi connectivity index (χ0) is 14.6. The van der Waals surface area contributed by atoms with Crippen LogP contribution >= 0.6 is 0 Å². The Morgan fingerprint density at radius 3 is 2.75 bits per heavy atom. The molecular weight excluding hydrogens is 260 g/mol. The van der Waals surface area contributed by atoms with Crippen molar-refractivity contribution in [1.29, 1.82) is 0 Å². The number of ether oxygens (including phenoxy) is 1. The molecule has 114 valence electrons. The molecule has 6 nitrogen and oxygen atoms in total. The van der Waals surface area contributed by atoms with Gasteiger partial charge in [0.25, 0.3) is 0 Å². The van der Waals surface area contributed by atoms with E-state index in [-0.39, 0.29) is 18.2 Å². The standard InChI is InChI=1S/C14H24N2O4/c1-14(12(17)18)7-4-6-11(14)16-13(19)15-9-10-5-2-3-8-20-10/h10-11H,2-9H2,1H3,(H,17,18)(H2,15,16,19). The minimum atomic E-state index is -0.849. The minimum absolute atomic E-state index is 0.0870. The first-order chi connectivity index (χ1) is 9.52. The highest BCUT2D eigenvalue weighted by Crippen LogP contribution is 2.38. The lowest BCUT2D eigenvalue weighted by Gasteiger charge is -2.28. The van der Waals surface area contributed by atoms with E-state index in [0.29, 0.717) is 13.0 Å². The lowest BCUT2D eigenvalue weighted by atomic mass is 9.85. The summed E-state index contributed by atoms with van der Waals surface area (Å²) < 4.78 is 5.54. The third-order valence-corrected chi connectivity index (χ3v) is 4.52. The molecule has 0 aromatic heterocycles. The van der Waals surface area contributed by atoms with E-state index in [1.807, 2.05) is 0 Å². The molecule has 3 unspecified atom stereocenters. The number of carbonyl (C=O) groups is 2. The first-order valence-electron chi connectivity index (χ1n) is 7.42. The number of carbonyl (C=O) groups excluding carboxylic acids is 1. The van der Waals surface area contributed by atoms with Gasteiger partial charge in [-0.2, -0.15) is 0 Å². The smallest absolute Gasteiger partial charge is 0.315 e. The summed E-state index contributed by atoms with van der Waals surface area (Å²) in [4.78, 5) is 23.2. The van der Waals surface area contributed by atoms with Crippen LogP contribution in [-0.4, -0.2) is 42.4 Å². The lowest BCUT2D eigenvalue weighted by Crippen LogP contribution is -2.51. The summed E-state index contributed by atoms with van der Waals surface area (Å²) in [6, 6.07) is -0.592. The molecule has 20 heavy (non-hydrogen) atoms. The topological polar surface area (TPSA) is 87.7 Å². The number of nitrogens with one attached hydrogen (secondary N) is 2. The van der Waals surface area contributed by atoms with E-state index >= 15 is 0 Å². The highest BCUT2D eigenvalue weighted by atomic mass is 16.5. The molecule has 2 fully saturated rings. The molecule has 0 bridgehead atoms. The molecule has 2 amide bonds. The molecule has 2 aliphatic rings. The van der Waals surface area contributed by atoms with Crippen LogP contribution in [0.5, 0.6) is 0 Å². The Labute approximate surface area is 119 Å². The van der Waals surface area contributed by atoms with Crippen LogP contribution in [0.1, 0.15) is 45.4 Å². The van der Waals surface area contributed by atoms with Crippen molar-refractivity contribution in [2.45, 2.75) is 57.6 Å². The number of carboxylic acid groups (broad SMARTS) is 1. The molecular formula is C14H24N2O4. The van der Waals surface area contributed by atoms with Gasteiger partial charge >= 0.3 is 12.0 Å². The van der Waals surface area contributed by atoms with E-state index in [1.54, 1.807) is 6.92 Å². The van der Waals surface area contributed by atoms with Crippen molar-refractivity contribution in [2.24, 2.45) is 5.41 Å². The fraction of sp³-hybridized carbons (Fsp3) is 0.857. The van der Waals surface area contributed by atoms with Crippen LogP contribution in [0.2, 0.25) is 0 Å². The average Bonchev–Trinajstić information content (AvgIpc) is 2.80. The fourth-order valence-corrected chi connectivity index (χ4v) is 3.04. The maximum absolute atomic E-state index is 11.9. The van der Waals surface area contributed by atoms with Crippen molar-refractivity contribution < 1.29 is 19.4 Å². The Morgan fingerprint density at radius 2 is 2.10 bits per heavy atom. The Hall–Kier alpha value is -1.30. The van der Waals surface area contributed by atoms with E-state index in [4.69, 9.17) is 4.74 Å². The Morgan fingerprint density at radius 1 is 1.30 bits per heavy atom. The van der Waals surface area contributed by atoms with E-state index in [2.05, 4.69) is 10.6 Å². The summed E-state index contributed by atoms with van der Waals surface area (Å²) in [5.41, 5.74) is -0.849. The van der Waals surface area contributed by atoms with Crippen molar-refractivity contribution in [3.8, 4) is 0 Å². The van der Waals surface area contributed by atoms with Gasteiger partial charge in [0.05, 0.1) is 11.5 Å². The van der Waals surface area contributed by atoms with Gasteiger partial charge in [-0.1, -0.05) is 6.42 Å². The fourth-order valence-electron chi connectivity index (χ4n) is 3.04. The maximum atomic E-state index is 11.9. The predicted molar refractivity (Wildman–Crippen MR) is 73.5 cm³/mol. The highest BCUT2D eigenvalue weighted by Gasteiger charge is 2.45. The van der Waals surface area contributed by atoms with Crippen LogP contribution in [0.3, 0.4) is 0 Å². The summed E-state index contributed by atoms with van der Waals surface area (Å²) in [5.74, 6) is -0.837. The minimum Gasteiger partial charge on any atom is -0.481 e. The second kappa shape index (κ2) is 6.43. The number of carboxylic acids is 1. The molecule has 3 N–H and O–H groups in total. The highest BCUT2D eigenvalue weighted by molar-refractivity contribution is 5.79. The molecule has 6 heteroatoms. The molecule has 1 saturated heterocycles. The van der Waals surface area contributed by atoms with Gasteiger partial charge in [0, 0.05) is 19.2 Å². The SMILES string of the molecule is CC1(C(=O)O)CCCC1NC(=O)NCC1CCCCO1. The van der Waals surface area contributed by atoms with Gasteiger partial charge < -0.3 is 20.5 Å². The normalized spacial score (nSPS) is 33.6. The summed E-state index contributed by atoms with van der Waals surface area (Å²) in [5, 5.41) is 14.9. The van der Waals surface area contributed by atoms with Crippen molar-refractivity contribution >= 4 is 12.0 Å². The number of aliphatic carboxylic acids is 1. The first-order valence-corrected chi connectivity index (χ1v) is 7.42. The molecule has 0 aromatic carbocycles. The Kier molecular flexibility index (Phi) is 4.86. The van der Waals surface area contributed by atoms with Gasteiger partial charge in [-0.25, -0.2) is 4.79 Å². The van der Waals surface area contributed by atoms with Gasteiger partial charge in [-0.05, 0) is 39.0 Å². The van der Waals surface area contributed by atoms with Crippen LogP contribution in [-0.2, 0) is 9.53 Å². The molecule has 0 spiro atoms. The van der Waals surface area contributed by atoms with E-state index in [9.17, 15) is 14.7 Å². The van der Waals surface area contributed by atoms with E-state index in [1.165, 1.54) is 0 Å². The van der Waals surface area contributed by atoms with Crippen LogP contribution in [0, 0.1) is 5.41 Å². The van der Waals surface area contributed by atoms with Gasteiger partial charge in [-0.15, -0.1) is 0 Å². The molecule has 1 aliphatic heterocycles. The Balaban J connectivity index is 1.77. The van der Waals surface area contributed by atoms with Gasteiger partial charge in [-0.3, -0.25) is 4.79 Å². The van der Waals surface area contributed by atoms with Crippen LogP contribution in [0.25, 0.3) is 0 Å². The third-order valence-electron chi connectivity index (χ3n) is 4.52. The largest absolute Gasteiger partial charge is 0.481 e. The van der Waals surface area contributed by atoms with Crippen molar-refractivity contribution in [3.05, 3.63) is 0 Å². The van der Waals surface area contributed by atoms with Gasteiger partial charge in [0.2, 0.25) is 0 Å². The zero-order valence-corrected chi connectivity index (χ0v) is 12.0. The number of urea groups is 1. The second-order valence-electron chi connectivity index (χ2n) is 6.01. The summed E-state index contributed by atoms with van der Waals surface area (Å²) in [7, 11) is 0. The zero-order valence-electron chi connectivity index (χ0n) is 12.0. The van der Waals surface area contributed by atoms with Crippen LogP contribution < -0.4 is 10.6 Å². The van der Waals surface area contributed by atoms with Gasteiger partial charge in [0.15, 0.2) is 0 Å². The molecule has 0 aromatic rings. The maximum Gasteiger partial charge on any atom is 0.315 e. The second-order valence-corrected chi connectivity index (χ2v) is 6.01. The molecule has 1 heterocycles. The Bertz CT molecular complexity index is 368. The molecule has 2 rings (SSSR count). The number of rotatable bonds is 4. The first kappa shape index (κ1) is 15.1. The molecule has 1 saturated carbocycles. The van der Waals surface area contributed by atoms with Crippen molar-refractivity contribution in [2.75, 3.05) is 13.2 Å². The number of hydrogen-bond donors (Lipinski definition) is 3. The van der Waals surface area contributed by atoms with E-state index < -0.39 is 11.4 Å². The average molecular weight is 284 g/mol. The van der Waals surface area contributed by atoms with Crippen molar-refractivity contribution in [1.82, 2.24) is 10.6 Å². The summed E-state index contributed by atoms with van der Waals surface area (Å²) >= 11 is 0. The van der Waals surface area contributed by atoms with Crippen molar-refractivity contribution in [3.63, 3.8) is 0 Å². The number of hydrogen-bond acceptors (Lipinski definition) is 3. The van der Waals surface area contributed by atoms with Crippen LogP contribution in [0.15, 0.2) is 0 Å². The summed E-state index contributed by atoms with van der Waals surface area (Å²) in [6.45, 7) is 2.95. The van der Waals surface area contributed by atoms with Gasteiger partial charge in [0.1, 0.15) is 0 Å². The predicted octanol–water partition coefficient (Wildman–Crippen LogP) is 1.50. The monoisotopic (exact) mass is 284 g/mol. The summed E-state index contributed by atoms with van der Waals surface area (Å²) in [6.07, 6.45) is 5.43. The van der Waals surface area contributed by atoms with E-state index in [0.717, 1.165) is 38.7 Å². The number of amides is 2. The third kappa shape index (κ3) is 3.42.